The van der Waals surface area contributed by atoms with Crippen LogP contribution in [0.5, 0.6) is 0 Å². The normalized spacial score (nSPS) is 23.7. The van der Waals surface area contributed by atoms with Crippen LogP contribution in [0.1, 0.15) is 19.8 Å². The highest BCUT2D eigenvalue weighted by atomic mass is 32.2. The van der Waals surface area contributed by atoms with Crippen molar-refractivity contribution < 1.29 is 13.2 Å². The third-order valence-electron chi connectivity index (χ3n) is 2.31. The standard InChI is InChI=1S/C8H16N2O3S/c1-3-8(11)9-7-4-5-10(6-7)14(2,12)13/h7H,3-6H2,1-2H3,(H,9,11). The van der Waals surface area contributed by atoms with Gasteiger partial charge in [-0.05, 0) is 6.42 Å². The molecule has 5 nitrogen and oxygen atoms in total. The van der Waals surface area contributed by atoms with E-state index in [1.54, 1.807) is 6.92 Å². The molecule has 0 saturated carbocycles. The van der Waals surface area contributed by atoms with Crippen molar-refractivity contribution >= 4 is 15.9 Å². The van der Waals surface area contributed by atoms with Crippen molar-refractivity contribution in [3.63, 3.8) is 0 Å². The number of hydrogen-bond donors (Lipinski definition) is 1. The Labute approximate surface area is 84.5 Å². The molecule has 1 atom stereocenters. The Balaban J connectivity index is 2.46. The van der Waals surface area contributed by atoms with Crippen LogP contribution in [0.4, 0.5) is 0 Å². The van der Waals surface area contributed by atoms with Gasteiger partial charge in [0.2, 0.25) is 15.9 Å². The van der Waals surface area contributed by atoms with Gasteiger partial charge in [0.25, 0.3) is 0 Å². The van der Waals surface area contributed by atoms with Crippen LogP contribution in [0, 0.1) is 0 Å². The minimum absolute atomic E-state index is 0.0165. The summed E-state index contributed by atoms with van der Waals surface area (Å²) in [4.78, 5) is 11.0. The van der Waals surface area contributed by atoms with Crippen LogP contribution in [-0.2, 0) is 14.8 Å². The fourth-order valence-electron chi connectivity index (χ4n) is 1.48. The highest BCUT2D eigenvalue weighted by Gasteiger charge is 2.28. The first-order chi connectivity index (χ1) is 6.43. The smallest absolute Gasteiger partial charge is 0.219 e. The lowest BCUT2D eigenvalue weighted by atomic mass is 10.2. The van der Waals surface area contributed by atoms with Crippen molar-refractivity contribution in [2.75, 3.05) is 19.3 Å². The summed E-state index contributed by atoms with van der Waals surface area (Å²) >= 11 is 0. The average molecular weight is 220 g/mol. The molecule has 1 rings (SSSR count). The number of amides is 1. The van der Waals surface area contributed by atoms with Crippen LogP contribution >= 0.6 is 0 Å². The Kier molecular flexibility index (Phi) is 3.49. The van der Waals surface area contributed by atoms with Gasteiger partial charge < -0.3 is 5.32 Å². The molecule has 0 spiro atoms. The Morgan fingerprint density at radius 1 is 1.57 bits per heavy atom. The molecule has 0 aromatic heterocycles. The number of nitrogens with one attached hydrogen (secondary N) is 1. The van der Waals surface area contributed by atoms with Crippen LogP contribution in [0.25, 0.3) is 0 Å². The van der Waals surface area contributed by atoms with E-state index in [1.807, 2.05) is 0 Å². The summed E-state index contributed by atoms with van der Waals surface area (Å²) < 4.78 is 23.7. The summed E-state index contributed by atoms with van der Waals surface area (Å²) in [5.74, 6) is -0.0228. The van der Waals surface area contributed by atoms with E-state index < -0.39 is 10.0 Å². The first-order valence-electron chi connectivity index (χ1n) is 4.68. The van der Waals surface area contributed by atoms with Gasteiger partial charge in [0.1, 0.15) is 0 Å². The molecule has 0 radical (unpaired) electrons. The third kappa shape index (κ3) is 2.95. The second kappa shape index (κ2) is 4.27. The first-order valence-corrected chi connectivity index (χ1v) is 6.52. The lowest BCUT2D eigenvalue weighted by molar-refractivity contribution is -0.121. The average Bonchev–Trinajstić information content (AvgIpc) is 2.51. The highest BCUT2D eigenvalue weighted by molar-refractivity contribution is 7.88. The van der Waals surface area contributed by atoms with E-state index in [9.17, 15) is 13.2 Å². The number of nitrogens with zero attached hydrogens (tertiary/aromatic N) is 1. The zero-order chi connectivity index (χ0) is 10.8. The number of carbonyl (C=O) groups excluding carboxylic acids is 1. The fraction of sp³-hybridized carbons (Fsp3) is 0.875. The lowest BCUT2D eigenvalue weighted by Gasteiger charge is -2.13. The predicted octanol–water partition coefficient (Wildman–Crippen LogP) is -0.453. The number of sulfonamides is 1. The van der Waals surface area contributed by atoms with Gasteiger partial charge in [-0.3, -0.25) is 4.79 Å². The van der Waals surface area contributed by atoms with E-state index in [1.165, 1.54) is 10.6 Å². The molecule has 0 aromatic rings. The Morgan fingerprint density at radius 2 is 2.21 bits per heavy atom. The van der Waals surface area contributed by atoms with Gasteiger partial charge in [-0.1, -0.05) is 6.92 Å². The molecule has 1 aliphatic rings. The molecule has 1 amide bonds. The van der Waals surface area contributed by atoms with Crippen LogP contribution in [0.3, 0.4) is 0 Å². The SMILES string of the molecule is CCC(=O)NC1CCN(S(C)(=O)=O)C1. The lowest BCUT2D eigenvalue weighted by Crippen LogP contribution is -2.37. The molecule has 1 fully saturated rings. The molecule has 6 heteroatoms. The maximum atomic E-state index is 11.1. The van der Waals surface area contributed by atoms with Crippen LogP contribution in [0.2, 0.25) is 0 Å². The van der Waals surface area contributed by atoms with Gasteiger partial charge in [0.15, 0.2) is 0 Å². The van der Waals surface area contributed by atoms with Crippen molar-refractivity contribution in [2.45, 2.75) is 25.8 Å². The minimum atomic E-state index is -3.10. The van der Waals surface area contributed by atoms with Gasteiger partial charge in [-0.15, -0.1) is 0 Å². The zero-order valence-corrected chi connectivity index (χ0v) is 9.30. The monoisotopic (exact) mass is 220 g/mol. The van der Waals surface area contributed by atoms with Crippen LogP contribution in [-0.4, -0.2) is 44.0 Å². The van der Waals surface area contributed by atoms with Gasteiger partial charge >= 0.3 is 0 Å². The van der Waals surface area contributed by atoms with E-state index in [0.717, 1.165) is 0 Å². The summed E-state index contributed by atoms with van der Waals surface area (Å²) in [5, 5.41) is 2.79. The Morgan fingerprint density at radius 3 is 2.64 bits per heavy atom. The Bertz CT molecular complexity index is 313. The highest BCUT2D eigenvalue weighted by Crippen LogP contribution is 2.12. The molecule has 0 bridgehead atoms. The zero-order valence-electron chi connectivity index (χ0n) is 8.49. The van der Waals surface area contributed by atoms with Crippen LogP contribution < -0.4 is 5.32 Å². The summed E-state index contributed by atoms with van der Waals surface area (Å²) in [6, 6.07) is -0.0165. The minimum Gasteiger partial charge on any atom is -0.352 e. The van der Waals surface area contributed by atoms with Gasteiger partial charge in [-0.25, -0.2) is 12.7 Å². The molecule has 82 valence electrons. The molecule has 1 saturated heterocycles. The van der Waals surface area contributed by atoms with Crippen molar-refractivity contribution in [1.29, 1.82) is 0 Å². The molecule has 1 unspecified atom stereocenters. The van der Waals surface area contributed by atoms with E-state index >= 15 is 0 Å². The molecule has 14 heavy (non-hydrogen) atoms. The van der Waals surface area contributed by atoms with Crippen molar-refractivity contribution in [2.24, 2.45) is 0 Å². The van der Waals surface area contributed by atoms with Gasteiger partial charge in [-0.2, -0.15) is 0 Å². The van der Waals surface area contributed by atoms with Crippen molar-refractivity contribution in [3.8, 4) is 0 Å². The summed E-state index contributed by atoms with van der Waals surface area (Å²) in [7, 11) is -3.10. The summed E-state index contributed by atoms with van der Waals surface area (Å²) in [6.07, 6.45) is 2.34. The molecule has 1 aliphatic heterocycles. The maximum absolute atomic E-state index is 11.1. The summed E-state index contributed by atoms with van der Waals surface area (Å²) in [6.45, 7) is 2.69. The second-order valence-corrected chi connectivity index (χ2v) is 5.51. The first kappa shape index (κ1) is 11.5. The fourth-order valence-corrected chi connectivity index (χ4v) is 2.36. The number of hydrogen-bond acceptors (Lipinski definition) is 3. The van der Waals surface area contributed by atoms with Gasteiger partial charge in [0, 0.05) is 25.6 Å². The third-order valence-corrected chi connectivity index (χ3v) is 3.58. The van der Waals surface area contributed by atoms with E-state index in [4.69, 9.17) is 0 Å². The van der Waals surface area contributed by atoms with Crippen molar-refractivity contribution in [1.82, 2.24) is 9.62 Å². The molecule has 1 N–H and O–H groups in total. The Hall–Kier alpha value is -0.620. The summed E-state index contributed by atoms with van der Waals surface area (Å²) in [5.41, 5.74) is 0. The number of carbonyl (C=O) groups is 1. The van der Waals surface area contributed by atoms with E-state index in [2.05, 4.69) is 5.32 Å². The molecule has 1 heterocycles. The predicted molar refractivity (Wildman–Crippen MR) is 53.3 cm³/mol. The molecule has 0 aliphatic carbocycles. The molecule has 0 aromatic carbocycles. The topological polar surface area (TPSA) is 66.5 Å². The van der Waals surface area contributed by atoms with E-state index in [0.29, 0.717) is 25.9 Å². The van der Waals surface area contributed by atoms with Crippen LogP contribution in [0.15, 0.2) is 0 Å². The van der Waals surface area contributed by atoms with E-state index in [-0.39, 0.29) is 11.9 Å². The van der Waals surface area contributed by atoms with Gasteiger partial charge in [0.05, 0.1) is 6.26 Å². The van der Waals surface area contributed by atoms with Crippen molar-refractivity contribution in [3.05, 3.63) is 0 Å². The molecular weight excluding hydrogens is 204 g/mol. The number of rotatable bonds is 3. The largest absolute Gasteiger partial charge is 0.352 e. The quantitative estimate of drug-likeness (QED) is 0.700. The maximum Gasteiger partial charge on any atom is 0.219 e. The molecular formula is C8H16N2O3S. The second-order valence-electron chi connectivity index (χ2n) is 3.53.